The van der Waals surface area contributed by atoms with Crippen molar-refractivity contribution in [2.45, 2.75) is 19.6 Å². The average Bonchev–Trinajstić information content (AvgIpc) is 2.90. The number of nitrogens with zero attached hydrogens (tertiary/aromatic N) is 2. The van der Waals surface area contributed by atoms with Crippen LogP contribution in [0.2, 0.25) is 0 Å². The minimum atomic E-state index is -1.08. The molecule has 0 unspecified atom stereocenters. The molecule has 1 amide bonds. The van der Waals surface area contributed by atoms with Gasteiger partial charge in [-0.15, -0.1) is 0 Å². The van der Waals surface area contributed by atoms with Crippen LogP contribution in [-0.4, -0.2) is 26.1 Å². The summed E-state index contributed by atoms with van der Waals surface area (Å²) in [7, 11) is 0. The lowest BCUT2D eigenvalue weighted by atomic mass is 10.2. The molecule has 1 aromatic heterocycles. The molecule has 2 aromatic rings. The number of fused-ring (bicyclic) bond motifs is 1. The van der Waals surface area contributed by atoms with Crippen molar-refractivity contribution >= 4 is 12.2 Å². The molecule has 2 heterocycles. The van der Waals surface area contributed by atoms with Gasteiger partial charge in [0.2, 0.25) is 0 Å². The van der Waals surface area contributed by atoms with E-state index in [0.717, 1.165) is 17.0 Å². The Morgan fingerprint density at radius 2 is 2.18 bits per heavy atom. The summed E-state index contributed by atoms with van der Waals surface area (Å²) in [5.41, 5.74) is 2.77. The first-order valence-corrected chi connectivity index (χ1v) is 6.81. The Labute approximate surface area is 126 Å². The van der Waals surface area contributed by atoms with Gasteiger partial charge in [0.05, 0.1) is 24.5 Å². The first kappa shape index (κ1) is 14.1. The third kappa shape index (κ3) is 3.25. The van der Waals surface area contributed by atoms with E-state index in [0.29, 0.717) is 18.9 Å². The van der Waals surface area contributed by atoms with Crippen LogP contribution in [0.15, 0.2) is 30.5 Å². The largest absolute Gasteiger partial charge is 0.465 e. The van der Waals surface area contributed by atoms with E-state index < -0.39 is 6.09 Å². The van der Waals surface area contributed by atoms with Crippen LogP contribution in [0, 0.1) is 5.82 Å². The number of amides is 1. The molecule has 0 aliphatic carbocycles. The molecule has 0 bridgehead atoms. The predicted octanol–water partition coefficient (Wildman–Crippen LogP) is 2.30. The topological polar surface area (TPSA) is 81.2 Å². The highest BCUT2D eigenvalue weighted by Crippen LogP contribution is 2.19. The monoisotopic (exact) mass is 302 g/mol. The van der Waals surface area contributed by atoms with Crippen molar-refractivity contribution in [1.29, 1.82) is 0 Å². The molecule has 0 atom stereocenters. The van der Waals surface area contributed by atoms with Crippen molar-refractivity contribution in [3.05, 3.63) is 59.1 Å². The molecule has 0 spiro atoms. The van der Waals surface area contributed by atoms with Crippen molar-refractivity contribution in [2.24, 2.45) is 0 Å². The standard InChI is InChI=1S/C15H15FN4O2/c16-11-3-1-10(2-4-11)8-20-6-5-12-13(9-20)19-14(18-12)7-17-15(21)22/h1-6,17H,7-9H2,(H,18,19)(H,21,22). The maximum Gasteiger partial charge on any atom is 0.405 e. The quantitative estimate of drug-likeness (QED) is 0.809. The number of rotatable bonds is 4. The Balaban J connectivity index is 1.65. The summed E-state index contributed by atoms with van der Waals surface area (Å²) in [5.74, 6) is 0.338. The molecule has 22 heavy (non-hydrogen) atoms. The van der Waals surface area contributed by atoms with Gasteiger partial charge in [0.15, 0.2) is 0 Å². The lowest BCUT2D eigenvalue weighted by molar-refractivity contribution is 0.193. The van der Waals surface area contributed by atoms with Crippen molar-refractivity contribution in [2.75, 3.05) is 0 Å². The predicted molar refractivity (Wildman–Crippen MR) is 78.1 cm³/mol. The number of nitrogens with one attached hydrogen (secondary N) is 2. The number of halogens is 1. The molecule has 7 heteroatoms. The summed E-state index contributed by atoms with van der Waals surface area (Å²) in [6, 6.07) is 6.41. The van der Waals surface area contributed by atoms with Crippen LogP contribution < -0.4 is 5.32 Å². The van der Waals surface area contributed by atoms with Gasteiger partial charge in [-0.2, -0.15) is 0 Å². The summed E-state index contributed by atoms with van der Waals surface area (Å²) in [4.78, 5) is 20.0. The first-order valence-electron chi connectivity index (χ1n) is 6.81. The Bertz CT molecular complexity index is 709. The fourth-order valence-electron chi connectivity index (χ4n) is 2.35. The van der Waals surface area contributed by atoms with Crippen molar-refractivity contribution < 1.29 is 14.3 Å². The Kier molecular flexibility index (Phi) is 3.78. The van der Waals surface area contributed by atoms with E-state index in [-0.39, 0.29) is 12.4 Å². The number of H-pyrrole nitrogens is 1. The number of carboxylic acid groups (broad SMARTS) is 1. The number of aromatic nitrogens is 2. The maximum atomic E-state index is 12.9. The molecule has 114 valence electrons. The van der Waals surface area contributed by atoms with Crippen LogP contribution in [0.3, 0.4) is 0 Å². The van der Waals surface area contributed by atoms with Gasteiger partial charge in [-0.05, 0) is 23.8 Å². The van der Waals surface area contributed by atoms with Crippen LogP contribution in [0.4, 0.5) is 9.18 Å². The third-order valence-corrected chi connectivity index (χ3v) is 3.37. The van der Waals surface area contributed by atoms with Crippen LogP contribution in [0.25, 0.3) is 6.08 Å². The van der Waals surface area contributed by atoms with Crippen LogP contribution >= 0.6 is 0 Å². The van der Waals surface area contributed by atoms with E-state index >= 15 is 0 Å². The Hall–Kier alpha value is -2.83. The number of hydrogen-bond acceptors (Lipinski definition) is 3. The molecule has 3 rings (SSSR count). The summed E-state index contributed by atoms with van der Waals surface area (Å²) < 4.78 is 12.9. The van der Waals surface area contributed by atoms with Gasteiger partial charge in [0.25, 0.3) is 0 Å². The Morgan fingerprint density at radius 1 is 1.41 bits per heavy atom. The zero-order chi connectivity index (χ0) is 15.5. The van der Waals surface area contributed by atoms with Gasteiger partial charge in [-0.1, -0.05) is 12.1 Å². The normalized spacial score (nSPS) is 13.0. The smallest absolute Gasteiger partial charge is 0.405 e. The first-order chi connectivity index (χ1) is 10.6. The fourth-order valence-corrected chi connectivity index (χ4v) is 2.35. The zero-order valence-corrected chi connectivity index (χ0v) is 11.7. The lowest BCUT2D eigenvalue weighted by Gasteiger charge is -2.23. The van der Waals surface area contributed by atoms with Gasteiger partial charge < -0.3 is 20.3 Å². The fraction of sp³-hybridized carbons (Fsp3) is 0.200. The molecule has 3 N–H and O–H groups in total. The van der Waals surface area contributed by atoms with Crippen LogP contribution in [-0.2, 0) is 19.6 Å². The summed E-state index contributed by atoms with van der Waals surface area (Å²) in [6.07, 6.45) is 2.73. The number of carbonyl (C=O) groups is 1. The van der Waals surface area contributed by atoms with Crippen molar-refractivity contribution in [3.63, 3.8) is 0 Å². The van der Waals surface area contributed by atoms with Gasteiger partial charge >= 0.3 is 6.09 Å². The highest BCUT2D eigenvalue weighted by molar-refractivity contribution is 5.64. The average molecular weight is 302 g/mol. The molecule has 1 aliphatic rings. The van der Waals surface area contributed by atoms with Crippen LogP contribution in [0.1, 0.15) is 22.8 Å². The summed E-state index contributed by atoms with van der Waals surface area (Å²) >= 11 is 0. The van der Waals surface area contributed by atoms with Gasteiger partial charge in [0.1, 0.15) is 11.6 Å². The summed E-state index contributed by atoms with van der Waals surface area (Å²) in [6.45, 7) is 1.45. The molecule has 1 aromatic carbocycles. The Morgan fingerprint density at radius 3 is 2.91 bits per heavy atom. The number of benzene rings is 1. The molecule has 0 radical (unpaired) electrons. The number of imidazole rings is 1. The summed E-state index contributed by atoms with van der Waals surface area (Å²) in [5, 5.41) is 10.9. The second-order valence-electron chi connectivity index (χ2n) is 5.05. The minimum Gasteiger partial charge on any atom is -0.465 e. The number of hydrogen-bond donors (Lipinski definition) is 3. The SMILES string of the molecule is O=C(O)NCc1nc2c([nH]1)CN(Cc1ccc(F)cc1)C=C2. The van der Waals surface area contributed by atoms with Gasteiger partial charge in [0, 0.05) is 12.7 Å². The highest BCUT2D eigenvalue weighted by Gasteiger charge is 2.15. The van der Waals surface area contributed by atoms with E-state index in [9.17, 15) is 9.18 Å². The molecule has 1 aliphatic heterocycles. The molecule has 0 saturated heterocycles. The van der Waals surface area contributed by atoms with E-state index in [1.807, 2.05) is 12.3 Å². The second-order valence-corrected chi connectivity index (χ2v) is 5.05. The molecular weight excluding hydrogens is 287 g/mol. The van der Waals surface area contributed by atoms with Gasteiger partial charge in [-0.25, -0.2) is 14.2 Å². The highest BCUT2D eigenvalue weighted by atomic mass is 19.1. The maximum absolute atomic E-state index is 12.9. The van der Waals surface area contributed by atoms with E-state index in [4.69, 9.17) is 5.11 Å². The third-order valence-electron chi connectivity index (χ3n) is 3.37. The van der Waals surface area contributed by atoms with Crippen LogP contribution in [0.5, 0.6) is 0 Å². The number of aromatic amines is 1. The minimum absolute atomic E-state index is 0.147. The van der Waals surface area contributed by atoms with E-state index in [1.165, 1.54) is 12.1 Å². The zero-order valence-electron chi connectivity index (χ0n) is 11.7. The van der Waals surface area contributed by atoms with E-state index in [1.54, 1.807) is 12.1 Å². The van der Waals surface area contributed by atoms with E-state index in [2.05, 4.69) is 20.2 Å². The lowest BCUT2D eigenvalue weighted by Crippen LogP contribution is -2.21. The molecule has 6 nitrogen and oxygen atoms in total. The molecule has 0 saturated carbocycles. The van der Waals surface area contributed by atoms with Gasteiger partial charge in [-0.3, -0.25) is 0 Å². The van der Waals surface area contributed by atoms with Crippen molar-refractivity contribution in [3.8, 4) is 0 Å². The van der Waals surface area contributed by atoms with Crippen molar-refractivity contribution in [1.82, 2.24) is 20.2 Å². The second kappa shape index (κ2) is 5.88. The molecular formula is C15H15FN4O2. The molecule has 0 fully saturated rings.